The molecule has 1 saturated heterocycles. The Hall–Kier alpha value is -0.860. The van der Waals surface area contributed by atoms with Crippen LogP contribution < -0.4 is 5.32 Å². The van der Waals surface area contributed by atoms with Crippen LogP contribution in [0.3, 0.4) is 0 Å². The summed E-state index contributed by atoms with van der Waals surface area (Å²) in [6.45, 7) is 4.70. The molecule has 0 spiro atoms. The molecule has 1 aromatic carbocycles. The second-order valence-electron chi connectivity index (χ2n) is 3.68. The molecule has 0 aliphatic carbocycles. The van der Waals surface area contributed by atoms with Crippen molar-refractivity contribution in [1.29, 1.82) is 0 Å². The number of benzene rings is 1. The van der Waals surface area contributed by atoms with E-state index >= 15 is 0 Å². The fraction of sp³-hybridized carbons (Fsp3) is 0.455. The SMILES string of the molecule is C[C@@]1(c2ccccc2)COCCN1. The number of hydrogen-bond acceptors (Lipinski definition) is 2. The molecule has 0 aromatic heterocycles. The van der Waals surface area contributed by atoms with E-state index in [0.29, 0.717) is 0 Å². The fourth-order valence-electron chi connectivity index (χ4n) is 1.72. The number of ether oxygens (including phenoxy) is 1. The van der Waals surface area contributed by atoms with Crippen LogP contribution >= 0.6 is 0 Å². The summed E-state index contributed by atoms with van der Waals surface area (Å²) in [6.07, 6.45) is 0. The van der Waals surface area contributed by atoms with Crippen LogP contribution in [-0.2, 0) is 10.3 Å². The average molecular weight is 177 g/mol. The van der Waals surface area contributed by atoms with E-state index in [0.717, 1.165) is 19.8 Å². The Morgan fingerprint density at radius 2 is 2.08 bits per heavy atom. The molecular formula is C11H15NO. The first-order chi connectivity index (χ1) is 6.31. The second-order valence-corrected chi connectivity index (χ2v) is 3.68. The van der Waals surface area contributed by atoms with Gasteiger partial charge < -0.3 is 10.1 Å². The summed E-state index contributed by atoms with van der Waals surface area (Å²) in [6, 6.07) is 10.5. The molecule has 0 saturated carbocycles. The number of hydrogen-bond donors (Lipinski definition) is 1. The predicted molar refractivity (Wildman–Crippen MR) is 52.6 cm³/mol. The van der Waals surface area contributed by atoms with Gasteiger partial charge in [0.2, 0.25) is 0 Å². The molecule has 1 atom stereocenters. The van der Waals surface area contributed by atoms with Gasteiger partial charge in [0.15, 0.2) is 0 Å². The van der Waals surface area contributed by atoms with Gasteiger partial charge in [-0.15, -0.1) is 0 Å². The van der Waals surface area contributed by atoms with E-state index in [4.69, 9.17) is 4.74 Å². The number of nitrogens with one attached hydrogen (secondary N) is 1. The smallest absolute Gasteiger partial charge is 0.0688 e. The molecule has 70 valence electrons. The van der Waals surface area contributed by atoms with E-state index in [2.05, 4.69) is 36.5 Å². The molecule has 0 radical (unpaired) electrons. The number of morpholine rings is 1. The van der Waals surface area contributed by atoms with Crippen molar-refractivity contribution in [2.45, 2.75) is 12.5 Å². The molecule has 0 bridgehead atoms. The van der Waals surface area contributed by atoms with Crippen LogP contribution in [0.2, 0.25) is 0 Å². The maximum Gasteiger partial charge on any atom is 0.0688 e. The minimum Gasteiger partial charge on any atom is -0.378 e. The Bertz CT molecular complexity index is 265. The van der Waals surface area contributed by atoms with E-state index < -0.39 is 0 Å². The molecule has 2 nitrogen and oxygen atoms in total. The highest BCUT2D eigenvalue weighted by atomic mass is 16.5. The largest absolute Gasteiger partial charge is 0.378 e. The lowest BCUT2D eigenvalue weighted by Gasteiger charge is -2.35. The summed E-state index contributed by atoms with van der Waals surface area (Å²) in [5.74, 6) is 0. The van der Waals surface area contributed by atoms with Crippen LogP contribution in [0.1, 0.15) is 12.5 Å². The molecule has 1 fully saturated rings. The van der Waals surface area contributed by atoms with Gasteiger partial charge in [-0.2, -0.15) is 0 Å². The van der Waals surface area contributed by atoms with Crippen LogP contribution in [0, 0.1) is 0 Å². The highest BCUT2D eigenvalue weighted by Gasteiger charge is 2.28. The van der Waals surface area contributed by atoms with Gasteiger partial charge in [0.05, 0.1) is 18.8 Å². The van der Waals surface area contributed by atoms with Gasteiger partial charge in [-0.05, 0) is 12.5 Å². The molecule has 2 rings (SSSR count). The van der Waals surface area contributed by atoms with Gasteiger partial charge in [-0.3, -0.25) is 0 Å². The third kappa shape index (κ3) is 1.74. The van der Waals surface area contributed by atoms with E-state index in [-0.39, 0.29) is 5.54 Å². The molecule has 1 aliphatic heterocycles. The predicted octanol–water partition coefficient (Wildman–Crippen LogP) is 1.52. The minimum absolute atomic E-state index is 0.000486. The van der Waals surface area contributed by atoms with Crippen LogP contribution in [0.5, 0.6) is 0 Å². The maximum atomic E-state index is 5.48. The van der Waals surface area contributed by atoms with Crippen LogP contribution in [-0.4, -0.2) is 19.8 Å². The zero-order valence-electron chi connectivity index (χ0n) is 7.92. The van der Waals surface area contributed by atoms with Gasteiger partial charge in [-0.25, -0.2) is 0 Å². The van der Waals surface area contributed by atoms with Gasteiger partial charge in [0, 0.05) is 6.54 Å². The Balaban J connectivity index is 2.23. The van der Waals surface area contributed by atoms with Crippen LogP contribution in [0.25, 0.3) is 0 Å². The van der Waals surface area contributed by atoms with Crippen molar-refractivity contribution in [1.82, 2.24) is 5.32 Å². The topological polar surface area (TPSA) is 21.3 Å². The van der Waals surface area contributed by atoms with Crippen molar-refractivity contribution in [3.63, 3.8) is 0 Å². The molecule has 2 heteroatoms. The van der Waals surface area contributed by atoms with Gasteiger partial charge >= 0.3 is 0 Å². The molecule has 1 aromatic rings. The Labute approximate surface area is 78.9 Å². The lowest BCUT2D eigenvalue weighted by atomic mass is 9.92. The highest BCUT2D eigenvalue weighted by Crippen LogP contribution is 2.22. The first kappa shape index (κ1) is 8.73. The Kier molecular flexibility index (Phi) is 2.34. The van der Waals surface area contributed by atoms with E-state index in [9.17, 15) is 0 Å². The summed E-state index contributed by atoms with van der Waals surface area (Å²) in [7, 11) is 0. The monoisotopic (exact) mass is 177 g/mol. The summed E-state index contributed by atoms with van der Waals surface area (Å²) in [5.41, 5.74) is 1.30. The van der Waals surface area contributed by atoms with E-state index in [1.807, 2.05) is 6.07 Å². The van der Waals surface area contributed by atoms with E-state index in [1.54, 1.807) is 0 Å². The van der Waals surface area contributed by atoms with Gasteiger partial charge in [0.1, 0.15) is 0 Å². The van der Waals surface area contributed by atoms with Gasteiger partial charge in [0.25, 0.3) is 0 Å². The number of rotatable bonds is 1. The first-order valence-electron chi connectivity index (χ1n) is 4.70. The molecule has 1 heterocycles. The Morgan fingerprint density at radius 3 is 2.69 bits per heavy atom. The summed E-state index contributed by atoms with van der Waals surface area (Å²) < 4.78 is 5.48. The lowest BCUT2D eigenvalue weighted by Crippen LogP contribution is -2.49. The van der Waals surface area contributed by atoms with Crippen LogP contribution in [0.4, 0.5) is 0 Å². The molecular weight excluding hydrogens is 162 g/mol. The Morgan fingerprint density at radius 1 is 1.31 bits per heavy atom. The minimum atomic E-state index is -0.000486. The third-order valence-corrected chi connectivity index (χ3v) is 2.56. The van der Waals surface area contributed by atoms with Crippen molar-refractivity contribution in [3.8, 4) is 0 Å². The zero-order chi connectivity index (χ0) is 9.15. The molecule has 1 aliphatic rings. The normalized spacial score (nSPS) is 28.7. The van der Waals surface area contributed by atoms with Crippen molar-refractivity contribution in [3.05, 3.63) is 35.9 Å². The molecule has 0 amide bonds. The van der Waals surface area contributed by atoms with Gasteiger partial charge in [-0.1, -0.05) is 30.3 Å². The maximum absolute atomic E-state index is 5.48. The summed E-state index contributed by atoms with van der Waals surface area (Å²) in [5, 5.41) is 3.49. The van der Waals surface area contributed by atoms with E-state index in [1.165, 1.54) is 5.56 Å². The first-order valence-corrected chi connectivity index (χ1v) is 4.70. The van der Waals surface area contributed by atoms with Crippen molar-refractivity contribution >= 4 is 0 Å². The third-order valence-electron chi connectivity index (χ3n) is 2.56. The lowest BCUT2D eigenvalue weighted by molar-refractivity contribution is 0.0339. The fourth-order valence-corrected chi connectivity index (χ4v) is 1.72. The quantitative estimate of drug-likeness (QED) is 0.702. The van der Waals surface area contributed by atoms with Crippen LogP contribution in [0.15, 0.2) is 30.3 Å². The molecule has 0 unspecified atom stereocenters. The molecule has 13 heavy (non-hydrogen) atoms. The van der Waals surface area contributed by atoms with Crippen molar-refractivity contribution in [2.75, 3.05) is 19.8 Å². The molecule has 1 N–H and O–H groups in total. The zero-order valence-corrected chi connectivity index (χ0v) is 7.92. The summed E-state index contributed by atoms with van der Waals surface area (Å²) >= 11 is 0. The standard InChI is InChI=1S/C11H15NO/c1-11(9-13-8-7-12-11)10-5-3-2-4-6-10/h2-6,12H,7-9H2,1H3/t11-/m0/s1. The van der Waals surface area contributed by atoms with Crippen molar-refractivity contribution < 1.29 is 4.74 Å². The summed E-state index contributed by atoms with van der Waals surface area (Å²) in [4.78, 5) is 0. The highest BCUT2D eigenvalue weighted by molar-refractivity contribution is 5.24. The van der Waals surface area contributed by atoms with Crippen molar-refractivity contribution in [2.24, 2.45) is 0 Å². The average Bonchev–Trinajstić information content (AvgIpc) is 2.20. The second kappa shape index (κ2) is 3.48.